The molecule has 0 aliphatic rings. The molecule has 2 heterocycles. The summed E-state index contributed by atoms with van der Waals surface area (Å²) in [5, 5.41) is 1.13. The van der Waals surface area contributed by atoms with Crippen molar-refractivity contribution in [3.05, 3.63) is 35.7 Å². The van der Waals surface area contributed by atoms with E-state index in [1.807, 2.05) is 20.0 Å². The first-order chi connectivity index (χ1) is 8.15. The van der Waals surface area contributed by atoms with Crippen LogP contribution in [0.3, 0.4) is 0 Å². The molecule has 2 aromatic heterocycles. The van der Waals surface area contributed by atoms with Crippen molar-refractivity contribution in [2.24, 2.45) is 5.92 Å². The van der Waals surface area contributed by atoms with E-state index in [9.17, 15) is 0 Å². The maximum Gasteiger partial charge on any atom is 0.159 e. The number of pyridine rings is 2. The largest absolute Gasteiger partial charge is 0.236 e. The number of hydrogen-bond donors (Lipinski definition) is 0. The lowest BCUT2D eigenvalue weighted by Gasteiger charge is -2.05. The maximum absolute atomic E-state index is 4.55. The minimum Gasteiger partial charge on any atom is -0.236 e. The van der Waals surface area contributed by atoms with E-state index in [4.69, 9.17) is 0 Å². The highest BCUT2D eigenvalue weighted by Crippen LogP contribution is 2.13. The molecule has 0 atom stereocenters. The van der Waals surface area contributed by atoms with E-state index in [1.165, 1.54) is 5.56 Å². The Hall–Kier alpha value is -1.44. The predicted molar refractivity (Wildman–Crippen MR) is 74.2 cm³/mol. The van der Waals surface area contributed by atoms with Crippen LogP contribution in [0.4, 0.5) is 0 Å². The normalized spacial score (nSPS) is 10.2. The van der Waals surface area contributed by atoms with Crippen LogP contribution in [0.2, 0.25) is 0 Å². The van der Waals surface area contributed by atoms with Gasteiger partial charge in [-0.1, -0.05) is 27.7 Å². The second-order valence-corrected chi connectivity index (χ2v) is 4.46. The van der Waals surface area contributed by atoms with Gasteiger partial charge in [-0.3, -0.25) is 0 Å². The van der Waals surface area contributed by atoms with Crippen LogP contribution in [0.15, 0.2) is 24.4 Å². The lowest BCUT2D eigenvalue weighted by Crippen LogP contribution is -1.98. The molecule has 92 valence electrons. The zero-order valence-electron chi connectivity index (χ0n) is 11.5. The molecule has 0 bridgehead atoms. The van der Waals surface area contributed by atoms with Gasteiger partial charge in [0.1, 0.15) is 0 Å². The van der Waals surface area contributed by atoms with Gasteiger partial charge in [-0.25, -0.2) is 9.97 Å². The van der Waals surface area contributed by atoms with Crippen molar-refractivity contribution in [3.63, 3.8) is 0 Å². The van der Waals surface area contributed by atoms with Crippen LogP contribution < -0.4 is 0 Å². The minimum absolute atomic E-state index is 0.639. The lowest BCUT2D eigenvalue weighted by molar-refractivity contribution is 0.636. The highest BCUT2D eigenvalue weighted by atomic mass is 14.8. The number of rotatable bonds is 2. The summed E-state index contributed by atoms with van der Waals surface area (Å²) >= 11 is 0. The van der Waals surface area contributed by atoms with Crippen LogP contribution >= 0.6 is 0 Å². The first-order valence-corrected chi connectivity index (χ1v) is 6.37. The van der Waals surface area contributed by atoms with E-state index < -0.39 is 0 Å². The highest BCUT2D eigenvalue weighted by Gasteiger charge is 2.02. The molecule has 17 heavy (non-hydrogen) atoms. The Kier molecular flexibility index (Phi) is 5.08. The Balaban J connectivity index is 0.000000686. The van der Waals surface area contributed by atoms with Crippen molar-refractivity contribution < 1.29 is 0 Å². The summed E-state index contributed by atoms with van der Waals surface area (Å²) in [6.07, 6.45) is 2.89. The Labute approximate surface area is 104 Å². The third-order valence-corrected chi connectivity index (χ3v) is 2.35. The summed E-state index contributed by atoms with van der Waals surface area (Å²) in [4.78, 5) is 8.88. The van der Waals surface area contributed by atoms with Crippen LogP contribution in [0.1, 0.15) is 39.0 Å². The van der Waals surface area contributed by atoms with E-state index in [-0.39, 0.29) is 0 Å². The molecule has 0 saturated carbocycles. The summed E-state index contributed by atoms with van der Waals surface area (Å²) in [7, 11) is 0. The Morgan fingerprint density at radius 1 is 1.18 bits per heavy atom. The molecule has 0 unspecified atom stereocenters. The molecular weight excluding hydrogens is 208 g/mol. The molecule has 2 nitrogen and oxygen atoms in total. The maximum atomic E-state index is 4.55. The number of nitrogens with zero attached hydrogens (tertiary/aromatic N) is 2. The van der Waals surface area contributed by atoms with Crippen LogP contribution in [-0.4, -0.2) is 9.97 Å². The van der Waals surface area contributed by atoms with Gasteiger partial charge in [-0.05, 0) is 43.0 Å². The molecule has 2 heteroatoms. The Morgan fingerprint density at radius 2 is 1.88 bits per heavy atom. The highest BCUT2D eigenvalue weighted by molar-refractivity contribution is 5.75. The van der Waals surface area contributed by atoms with E-state index >= 15 is 0 Å². The average Bonchev–Trinajstić information content (AvgIpc) is 2.31. The van der Waals surface area contributed by atoms with Gasteiger partial charge in [0.15, 0.2) is 5.65 Å². The van der Waals surface area contributed by atoms with Gasteiger partial charge in [0.05, 0.1) is 0 Å². The third kappa shape index (κ3) is 3.81. The number of fused-ring (bicyclic) bond motifs is 1. The van der Waals surface area contributed by atoms with Gasteiger partial charge in [0.25, 0.3) is 0 Å². The van der Waals surface area contributed by atoms with Gasteiger partial charge in [0.2, 0.25) is 0 Å². The number of aromatic nitrogens is 2. The van der Waals surface area contributed by atoms with Crippen LogP contribution in [-0.2, 0) is 6.42 Å². The molecule has 0 aliphatic heterocycles. The van der Waals surface area contributed by atoms with E-state index in [2.05, 4.69) is 48.9 Å². The molecule has 0 N–H and O–H groups in total. The number of aryl methyl sites for hydroxylation is 1. The molecule has 0 radical (unpaired) electrons. The van der Waals surface area contributed by atoms with Gasteiger partial charge >= 0.3 is 0 Å². The number of hydrogen-bond acceptors (Lipinski definition) is 2. The zero-order chi connectivity index (χ0) is 12.8. The fourth-order valence-electron chi connectivity index (χ4n) is 1.69. The van der Waals surface area contributed by atoms with E-state index in [0.29, 0.717) is 5.92 Å². The van der Waals surface area contributed by atoms with Crippen molar-refractivity contribution >= 4 is 11.0 Å². The minimum atomic E-state index is 0.639. The van der Waals surface area contributed by atoms with Gasteiger partial charge in [-0.2, -0.15) is 0 Å². The topological polar surface area (TPSA) is 25.8 Å². The third-order valence-electron chi connectivity index (χ3n) is 2.35. The van der Waals surface area contributed by atoms with Gasteiger partial charge in [-0.15, -0.1) is 0 Å². The molecule has 2 aromatic rings. The quantitative estimate of drug-likeness (QED) is 0.774. The molecule has 2 rings (SSSR count). The van der Waals surface area contributed by atoms with Gasteiger partial charge in [0, 0.05) is 17.3 Å². The SMILES string of the molecule is CC.Cc1cnc2nc(CC(C)C)ccc2c1. The van der Waals surface area contributed by atoms with Crippen LogP contribution in [0.5, 0.6) is 0 Å². The zero-order valence-corrected chi connectivity index (χ0v) is 11.5. The van der Waals surface area contributed by atoms with Crippen LogP contribution in [0, 0.1) is 12.8 Å². The van der Waals surface area contributed by atoms with Crippen molar-refractivity contribution in [1.29, 1.82) is 0 Å². The summed E-state index contributed by atoms with van der Waals surface area (Å²) < 4.78 is 0. The lowest BCUT2D eigenvalue weighted by atomic mass is 10.1. The first kappa shape index (κ1) is 13.6. The summed E-state index contributed by atoms with van der Waals surface area (Å²) in [6, 6.07) is 6.33. The second kappa shape index (κ2) is 6.33. The predicted octanol–water partition coefficient (Wildman–Crippen LogP) is 4.16. The fourth-order valence-corrected chi connectivity index (χ4v) is 1.69. The molecule has 0 amide bonds. The molecule has 0 aromatic carbocycles. The molecular formula is C15H22N2. The van der Waals surface area contributed by atoms with Gasteiger partial charge < -0.3 is 0 Å². The Morgan fingerprint density at radius 3 is 2.53 bits per heavy atom. The second-order valence-electron chi connectivity index (χ2n) is 4.46. The Bertz CT molecular complexity index is 475. The first-order valence-electron chi connectivity index (χ1n) is 6.37. The molecule has 0 aliphatic carbocycles. The van der Waals surface area contributed by atoms with Crippen molar-refractivity contribution in [2.75, 3.05) is 0 Å². The smallest absolute Gasteiger partial charge is 0.159 e. The van der Waals surface area contributed by atoms with Crippen molar-refractivity contribution in [2.45, 2.75) is 41.0 Å². The average molecular weight is 230 g/mol. The van der Waals surface area contributed by atoms with E-state index in [0.717, 1.165) is 23.1 Å². The molecule has 0 fully saturated rings. The molecule has 0 spiro atoms. The summed E-state index contributed by atoms with van der Waals surface area (Å²) in [5.41, 5.74) is 3.17. The summed E-state index contributed by atoms with van der Waals surface area (Å²) in [5.74, 6) is 0.639. The standard InChI is InChI=1S/C13H16N2.C2H6/c1-9(2)6-12-5-4-11-7-10(3)8-14-13(11)15-12;1-2/h4-5,7-9H,6H2,1-3H3;1-2H3. The fraction of sp³-hybridized carbons (Fsp3) is 0.467. The van der Waals surface area contributed by atoms with Crippen LogP contribution in [0.25, 0.3) is 11.0 Å². The van der Waals surface area contributed by atoms with E-state index in [1.54, 1.807) is 0 Å². The van der Waals surface area contributed by atoms with Crippen molar-refractivity contribution in [3.8, 4) is 0 Å². The summed E-state index contributed by atoms with van der Waals surface area (Å²) in [6.45, 7) is 10.5. The molecule has 0 saturated heterocycles. The monoisotopic (exact) mass is 230 g/mol. The van der Waals surface area contributed by atoms with Crippen molar-refractivity contribution in [1.82, 2.24) is 9.97 Å².